The number of amides is 2. The Morgan fingerprint density at radius 3 is 2.18 bits per heavy atom. The molecular weight excluding hydrogens is 487 g/mol. The fourth-order valence-electron chi connectivity index (χ4n) is 3.56. The fourth-order valence-corrected chi connectivity index (χ4v) is 3.56. The molecule has 38 heavy (non-hydrogen) atoms. The minimum absolute atomic E-state index is 0.201. The van der Waals surface area contributed by atoms with E-state index in [0.717, 1.165) is 5.69 Å². The zero-order chi connectivity index (χ0) is 27.1. The van der Waals surface area contributed by atoms with Gasteiger partial charge in [-0.1, -0.05) is 18.2 Å². The van der Waals surface area contributed by atoms with Crippen LogP contribution in [0.1, 0.15) is 19.4 Å². The van der Waals surface area contributed by atoms with E-state index < -0.39 is 18.0 Å². The number of esters is 1. The predicted octanol–water partition coefficient (Wildman–Crippen LogP) is 5.22. The van der Waals surface area contributed by atoms with Gasteiger partial charge in [-0.05, 0) is 73.7 Å². The second-order valence-corrected chi connectivity index (χ2v) is 8.38. The van der Waals surface area contributed by atoms with Crippen LogP contribution in [0, 0.1) is 5.82 Å². The Hall–Kier alpha value is -5.05. The maximum absolute atomic E-state index is 13.5. The third-order valence-corrected chi connectivity index (χ3v) is 5.41. The van der Waals surface area contributed by atoms with Crippen molar-refractivity contribution in [3.8, 4) is 16.9 Å². The first kappa shape index (κ1) is 26.0. The molecule has 8 nitrogen and oxygen atoms in total. The number of hydrogen-bond donors (Lipinski definition) is 2. The van der Waals surface area contributed by atoms with Gasteiger partial charge >= 0.3 is 5.97 Å². The minimum Gasteiger partial charge on any atom is -0.449 e. The van der Waals surface area contributed by atoms with Gasteiger partial charge in [0, 0.05) is 41.7 Å². The van der Waals surface area contributed by atoms with Gasteiger partial charge in [0.15, 0.2) is 6.10 Å². The number of carbonyl (C=O) groups is 3. The molecule has 0 bridgehead atoms. The maximum atomic E-state index is 13.5. The number of ether oxygens (including phenoxy) is 1. The van der Waals surface area contributed by atoms with Crippen molar-refractivity contribution in [1.29, 1.82) is 0 Å². The smallest absolute Gasteiger partial charge is 0.331 e. The van der Waals surface area contributed by atoms with Crippen molar-refractivity contribution in [2.24, 2.45) is 0 Å². The number of anilines is 2. The quantitative estimate of drug-likeness (QED) is 0.249. The Balaban J connectivity index is 1.45. The lowest BCUT2D eigenvalue weighted by atomic mass is 10.1. The molecule has 0 saturated heterocycles. The summed E-state index contributed by atoms with van der Waals surface area (Å²) in [6.07, 6.45) is 3.44. The topological polar surface area (TPSA) is 102 Å². The average molecular weight is 513 g/mol. The van der Waals surface area contributed by atoms with Crippen LogP contribution in [-0.2, 0) is 19.1 Å². The number of benzene rings is 3. The molecule has 0 fully saturated rings. The molecule has 1 atom stereocenters. The Morgan fingerprint density at radius 2 is 1.55 bits per heavy atom. The second kappa shape index (κ2) is 11.8. The van der Waals surface area contributed by atoms with E-state index in [4.69, 9.17) is 4.74 Å². The zero-order valence-corrected chi connectivity index (χ0v) is 20.7. The molecule has 3 aromatic carbocycles. The van der Waals surface area contributed by atoms with Crippen molar-refractivity contribution in [1.82, 2.24) is 9.78 Å². The first-order valence-electron chi connectivity index (χ1n) is 11.8. The van der Waals surface area contributed by atoms with Gasteiger partial charge in [0.05, 0.1) is 11.4 Å². The van der Waals surface area contributed by atoms with Crippen molar-refractivity contribution < 1.29 is 23.5 Å². The predicted molar refractivity (Wildman–Crippen MR) is 143 cm³/mol. The van der Waals surface area contributed by atoms with Crippen LogP contribution in [0.2, 0.25) is 0 Å². The molecule has 2 amide bonds. The van der Waals surface area contributed by atoms with Crippen molar-refractivity contribution in [3.05, 3.63) is 103 Å². The summed E-state index contributed by atoms with van der Waals surface area (Å²) in [7, 11) is 0. The number of hydrogen-bond acceptors (Lipinski definition) is 5. The average Bonchev–Trinajstić information content (AvgIpc) is 3.33. The standard InChI is InChI=1S/C29H25FN4O4/c1-19(29(37)32-25-15-13-24(14-16-25)31-20(2)35)38-27(36)17-10-22-18-34(26-6-4-3-5-7-26)33-28(22)21-8-11-23(30)12-9-21/h3-19H,1-2H3,(H,31,35)(H,32,37)/b17-10+. The van der Waals surface area contributed by atoms with Crippen molar-refractivity contribution in [2.75, 3.05) is 10.6 Å². The number of carbonyl (C=O) groups excluding carboxylic acids is 3. The summed E-state index contributed by atoms with van der Waals surface area (Å²) in [4.78, 5) is 36.1. The molecule has 4 aromatic rings. The molecule has 0 aliphatic heterocycles. The van der Waals surface area contributed by atoms with Gasteiger partial charge in [-0.25, -0.2) is 13.9 Å². The number of rotatable bonds is 8. The highest BCUT2D eigenvalue weighted by Crippen LogP contribution is 2.25. The number of para-hydroxylation sites is 1. The molecule has 9 heteroatoms. The Kier molecular flexibility index (Phi) is 8.07. The van der Waals surface area contributed by atoms with Gasteiger partial charge in [0.1, 0.15) is 5.82 Å². The summed E-state index contributed by atoms with van der Waals surface area (Å²) in [6.45, 7) is 2.86. The summed E-state index contributed by atoms with van der Waals surface area (Å²) >= 11 is 0. The van der Waals surface area contributed by atoms with Gasteiger partial charge in [-0.3, -0.25) is 9.59 Å². The van der Waals surface area contributed by atoms with E-state index in [2.05, 4.69) is 15.7 Å². The van der Waals surface area contributed by atoms with Crippen LogP contribution in [-0.4, -0.2) is 33.7 Å². The molecule has 0 aliphatic carbocycles. The summed E-state index contributed by atoms with van der Waals surface area (Å²) in [5.41, 5.74) is 3.72. The van der Waals surface area contributed by atoms with E-state index in [1.54, 1.807) is 53.4 Å². The molecule has 1 aromatic heterocycles. The van der Waals surface area contributed by atoms with E-state index in [-0.39, 0.29) is 11.7 Å². The lowest BCUT2D eigenvalue weighted by Crippen LogP contribution is -2.29. The van der Waals surface area contributed by atoms with Crippen molar-refractivity contribution >= 4 is 35.2 Å². The van der Waals surface area contributed by atoms with Gasteiger partial charge < -0.3 is 15.4 Å². The Morgan fingerprint density at radius 1 is 0.921 bits per heavy atom. The number of nitrogens with one attached hydrogen (secondary N) is 2. The summed E-state index contributed by atoms with van der Waals surface area (Å²) in [5.74, 6) is -1.80. The summed E-state index contributed by atoms with van der Waals surface area (Å²) < 4.78 is 20.4. The van der Waals surface area contributed by atoms with Crippen molar-refractivity contribution in [2.45, 2.75) is 20.0 Å². The molecular formula is C29H25FN4O4. The highest BCUT2D eigenvalue weighted by Gasteiger charge is 2.17. The van der Waals surface area contributed by atoms with Crippen LogP contribution < -0.4 is 10.6 Å². The SMILES string of the molecule is CC(=O)Nc1ccc(NC(=O)C(C)OC(=O)/C=C/c2cn(-c3ccccc3)nc2-c2ccc(F)cc2)cc1. The molecule has 1 heterocycles. The maximum Gasteiger partial charge on any atom is 0.331 e. The second-order valence-electron chi connectivity index (χ2n) is 8.38. The van der Waals surface area contributed by atoms with Gasteiger partial charge in [0.2, 0.25) is 5.91 Å². The Labute approximate surface area is 218 Å². The van der Waals surface area contributed by atoms with Gasteiger partial charge in [-0.15, -0.1) is 0 Å². The van der Waals surface area contributed by atoms with Crippen LogP contribution in [0.25, 0.3) is 23.0 Å². The van der Waals surface area contributed by atoms with Crippen molar-refractivity contribution in [3.63, 3.8) is 0 Å². The van der Waals surface area contributed by atoms with E-state index in [0.29, 0.717) is 28.2 Å². The molecule has 0 aliphatic rings. The monoisotopic (exact) mass is 512 g/mol. The third-order valence-electron chi connectivity index (χ3n) is 5.41. The molecule has 4 rings (SSSR count). The van der Waals surface area contributed by atoms with E-state index >= 15 is 0 Å². The first-order valence-corrected chi connectivity index (χ1v) is 11.8. The van der Waals surface area contributed by atoms with E-state index in [1.807, 2.05) is 30.3 Å². The molecule has 1 unspecified atom stereocenters. The highest BCUT2D eigenvalue weighted by atomic mass is 19.1. The highest BCUT2D eigenvalue weighted by molar-refractivity contribution is 5.97. The lowest BCUT2D eigenvalue weighted by Gasteiger charge is -2.12. The van der Waals surface area contributed by atoms with Gasteiger partial charge in [0.25, 0.3) is 5.91 Å². The summed E-state index contributed by atoms with van der Waals surface area (Å²) in [5, 5.41) is 9.92. The third kappa shape index (κ3) is 6.79. The number of halogens is 1. The minimum atomic E-state index is -1.06. The van der Waals surface area contributed by atoms with Gasteiger partial charge in [-0.2, -0.15) is 5.10 Å². The fraction of sp³-hybridized carbons (Fsp3) is 0.103. The van der Waals surface area contributed by atoms with Crippen LogP contribution in [0.5, 0.6) is 0 Å². The lowest BCUT2D eigenvalue weighted by molar-refractivity contribution is -0.148. The van der Waals surface area contributed by atoms with Crippen LogP contribution in [0.3, 0.4) is 0 Å². The van der Waals surface area contributed by atoms with Crippen LogP contribution >= 0.6 is 0 Å². The largest absolute Gasteiger partial charge is 0.449 e. The van der Waals surface area contributed by atoms with Crippen LogP contribution in [0.4, 0.5) is 15.8 Å². The number of nitrogens with zero attached hydrogens (tertiary/aromatic N) is 2. The molecule has 0 radical (unpaired) electrons. The van der Waals surface area contributed by atoms with E-state index in [1.165, 1.54) is 32.1 Å². The van der Waals surface area contributed by atoms with Crippen LogP contribution in [0.15, 0.2) is 91.1 Å². The number of aromatic nitrogens is 2. The van der Waals surface area contributed by atoms with E-state index in [9.17, 15) is 18.8 Å². The zero-order valence-electron chi connectivity index (χ0n) is 20.7. The molecule has 2 N–H and O–H groups in total. The normalized spacial score (nSPS) is 11.7. The first-order chi connectivity index (χ1) is 18.3. The summed E-state index contributed by atoms with van der Waals surface area (Å²) in [6, 6.07) is 21.9. The molecule has 0 saturated carbocycles. The Bertz CT molecular complexity index is 1460. The molecule has 0 spiro atoms. The molecule has 192 valence electrons.